The fourth-order valence-corrected chi connectivity index (χ4v) is 2.77. The molecule has 0 spiro atoms. The summed E-state index contributed by atoms with van der Waals surface area (Å²) in [4.78, 5) is 0. The standard InChI is InChI=1S/C16H21BrFN3/c1-4-11(2)21-6-5-15(20-21)10-16(19-3)12-7-13(17)9-14(18)8-12/h5-9,11,16,19H,4,10H2,1-3H3. The molecule has 21 heavy (non-hydrogen) atoms. The summed E-state index contributed by atoms with van der Waals surface area (Å²) in [7, 11) is 1.88. The number of benzene rings is 1. The number of hydrogen-bond acceptors (Lipinski definition) is 2. The molecule has 0 bridgehead atoms. The minimum Gasteiger partial charge on any atom is -0.313 e. The van der Waals surface area contributed by atoms with E-state index in [9.17, 15) is 4.39 Å². The quantitative estimate of drug-likeness (QED) is 0.840. The Hall–Kier alpha value is -1.20. The summed E-state index contributed by atoms with van der Waals surface area (Å²) < 4.78 is 16.3. The maximum atomic E-state index is 13.5. The Bertz CT molecular complexity index is 577. The Labute approximate surface area is 133 Å². The van der Waals surface area contributed by atoms with Crippen LogP contribution in [-0.2, 0) is 6.42 Å². The van der Waals surface area contributed by atoms with Crippen molar-refractivity contribution in [1.29, 1.82) is 0 Å². The van der Waals surface area contributed by atoms with Crippen LogP contribution in [-0.4, -0.2) is 16.8 Å². The predicted octanol–water partition coefficient (Wildman–Crippen LogP) is 4.26. The first-order valence-electron chi connectivity index (χ1n) is 7.20. The average Bonchev–Trinajstić information content (AvgIpc) is 2.91. The topological polar surface area (TPSA) is 29.9 Å². The van der Waals surface area contributed by atoms with Crippen LogP contribution >= 0.6 is 15.9 Å². The average molecular weight is 354 g/mol. The Morgan fingerprint density at radius 1 is 1.38 bits per heavy atom. The molecule has 0 aliphatic heterocycles. The van der Waals surface area contributed by atoms with Crippen LogP contribution in [0.4, 0.5) is 4.39 Å². The lowest BCUT2D eigenvalue weighted by Gasteiger charge is -2.16. The summed E-state index contributed by atoms with van der Waals surface area (Å²) in [6, 6.07) is 7.44. The van der Waals surface area contributed by atoms with Crippen LogP contribution in [0.25, 0.3) is 0 Å². The third-order valence-corrected chi connectivity index (χ3v) is 4.21. The van der Waals surface area contributed by atoms with Crippen molar-refractivity contribution in [3.8, 4) is 0 Å². The second kappa shape index (κ2) is 7.18. The van der Waals surface area contributed by atoms with Crippen LogP contribution in [0.1, 0.15) is 43.6 Å². The highest BCUT2D eigenvalue weighted by Crippen LogP contribution is 2.23. The van der Waals surface area contributed by atoms with E-state index in [4.69, 9.17) is 0 Å². The second-order valence-corrected chi connectivity index (χ2v) is 6.21. The van der Waals surface area contributed by atoms with Crippen molar-refractivity contribution in [1.82, 2.24) is 15.1 Å². The van der Waals surface area contributed by atoms with Gasteiger partial charge in [0, 0.05) is 29.2 Å². The molecule has 0 fully saturated rings. The molecule has 2 atom stereocenters. The fourth-order valence-electron chi connectivity index (χ4n) is 2.29. The molecular weight excluding hydrogens is 333 g/mol. The molecule has 0 aliphatic rings. The van der Waals surface area contributed by atoms with Crippen molar-refractivity contribution < 1.29 is 4.39 Å². The van der Waals surface area contributed by atoms with Crippen molar-refractivity contribution in [2.45, 2.75) is 38.8 Å². The van der Waals surface area contributed by atoms with Gasteiger partial charge < -0.3 is 5.32 Å². The van der Waals surface area contributed by atoms with E-state index < -0.39 is 0 Å². The van der Waals surface area contributed by atoms with E-state index in [1.54, 1.807) is 6.07 Å². The van der Waals surface area contributed by atoms with Crippen LogP contribution in [0.2, 0.25) is 0 Å². The predicted molar refractivity (Wildman–Crippen MR) is 86.8 cm³/mol. The largest absolute Gasteiger partial charge is 0.313 e. The molecule has 0 amide bonds. The molecule has 0 saturated carbocycles. The van der Waals surface area contributed by atoms with Crippen LogP contribution in [0.15, 0.2) is 34.9 Å². The number of likely N-dealkylation sites (N-methyl/N-ethyl adjacent to an activating group) is 1. The summed E-state index contributed by atoms with van der Waals surface area (Å²) in [6.07, 6.45) is 3.79. The third kappa shape index (κ3) is 4.14. The van der Waals surface area contributed by atoms with Crippen molar-refractivity contribution in [2.24, 2.45) is 0 Å². The minimum absolute atomic E-state index is 0.0392. The van der Waals surface area contributed by atoms with Crippen LogP contribution in [0.3, 0.4) is 0 Å². The molecule has 0 radical (unpaired) electrons. The molecule has 1 heterocycles. The normalized spacial score (nSPS) is 14.1. The number of nitrogens with one attached hydrogen (secondary N) is 1. The Kier molecular flexibility index (Phi) is 5.53. The van der Waals surface area contributed by atoms with Gasteiger partial charge in [-0.15, -0.1) is 0 Å². The van der Waals surface area contributed by atoms with E-state index in [-0.39, 0.29) is 11.9 Å². The summed E-state index contributed by atoms with van der Waals surface area (Å²) in [5.74, 6) is -0.232. The fraction of sp³-hybridized carbons (Fsp3) is 0.438. The van der Waals surface area contributed by atoms with Crippen molar-refractivity contribution >= 4 is 15.9 Å². The molecule has 1 N–H and O–H groups in total. The lowest BCUT2D eigenvalue weighted by molar-refractivity contribution is 0.469. The van der Waals surface area contributed by atoms with Gasteiger partial charge in [0.15, 0.2) is 0 Å². The second-order valence-electron chi connectivity index (χ2n) is 5.29. The maximum absolute atomic E-state index is 13.5. The van der Waals surface area contributed by atoms with E-state index in [0.717, 1.165) is 28.6 Å². The van der Waals surface area contributed by atoms with Gasteiger partial charge in [0.25, 0.3) is 0 Å². The minimum atomic E-state index is -0.232. The van der Waals surface area contributed by atoms with Crippen LogP contribution < -0.4 is 5.32 Å². The first-order valence-corrected chi connectivity index (χ1v) is 8.00. The van der Waals surface area contributed by atoms with E-state index in [1.165, 1.54) is 6.07 Å². The van der Waals surface area contributed by atoms with Gasteiger partial charge in [-0.1, -0.05) is 22.9 Å². The van der Waals surface area contributed by atoms with Gasteiger partial charge in [-0.3, -0.25) is 4.68 Å². The zero-order valence-corrected chi connectivity index (χ0v) is 14.2. The monoisotopic (exact) mass is 353 g/mol. The highest BCUT2D eigenvalue weighted by atomic mass is 79.9. The first-order chi connectivity index (χ1) is 10.0. The van der Waals surface area contributed by atoms with Crippen molar-refractivity contribution in [3.63, 3.8) is 0 Å². The van der Waals surface area contributed by atoms with E-state index in [2.05, 4.69) is 40.2 Å². The first kappa shape index (κ1) is 16.2. The Balaban J connectivity index is 2.17. The van der Waals surface area contributed by atoms with Gasteiger partial charge in [0.05, 0.1) is 5.69 Å². The summed E-state index contributed by atoms with van der Waals surface area (Å²) in [5, 5.41) is 7.85. The van der Waals surface area contributed by atoms with Crippen molar-refractivity contribution in [2.75, 3.05) is 7.05 Å². The lowest BCUT2D eigenvalue weighted by atomic mass is 10.0. The van der Waals surface area contributed by atoms with Crippen molar-refractivity contribution in [3.05, 3.63) is 52.0 Å². The van der Waals surface area contributed by atoms with Crippen LogP contribution in [0.5, 0.6) is 0 Å². The van der Waals surface area contributed by atoms with Gasteiger partial charge in [-0.25, -0.2) is 4.39 Å². The highest BCUT2D eigenvalue weighted by molar-refractivity contribution is 9.10. The Morgan fingerprint density at radius 3 is 2.76 bits per heavy atom. The van der Waals surface area contributed by atoms with Gasteiger partial charge in [-0.2, -0.15) is 5.10 Å². The molecule has 0 saturated heterocycles. The summed E-state index contributed by atoms with van der Waals surface area (Å²) >= 11 is 3.34. The maximum Gasteiger partial charge on any atom is 0.124 e. The molecule has 2 aromatic rings. The molecule has 2 unspecified atom stereocenters. The van der Waals surface area contributed by atoms with E-state index >= 15 is 0 Å². The van der Waals surface area contributed by atoms with Gasteiger partial charge in [-0.05, 0) is 50.2 Å². The zero-order valence-electron chi connectivity index (χ0n) is 12.6. The van der Waals surface area contributed by atoms with Gasteiger partial charge in [0.1, 0.15) is 5.82 Å². The Morgan fingerprint density at radius 2 is 2.14 bits per heavy atom. The van der Waals surface area contributed by atoms with Gasteiger partial charge >= 0.3 is 0 Å². The zero-order chi connectivity index (χ0) is 15.4. The molecule has 1 aromatic heterocycles. The lowest BCUT2D eigenvalue weighted by Crippen LogP contribution is -2.19. The van der Waals surface area contributed by atoms with Crippen LogP contribution in [0, 0.1) is 5.82 Å². The number of nitrogens with zero attached hydrogens (tertiary/aromatic N) is 2. The molecular formula is C16H21BrFN3. The molecule has 0 aliphatic carbocycles. The number of hydrogen-bond donors (Lipinski definition) is 1. The SMILES string of the molecule is CCC(C)n1ccc(CC(NC)c2cc(F)cc(Br)c2)n1. The molecule has 114 valence electrons. The highest BCUT2D eigenvalue weighted by Gasteiger charge is 2.14. The molecule has 1 aromatic carbocycles. The summed E-state index contributed by atoms with van der Waals surface area (Å²) in [6.45, 7) is 4.29. The van der Waals surface area contributed by atoms with Gasteiger partial charge in [0.2, 0.25) is 0 Å². The third-order valence-electron chi connectivity index (χ3n) is 3.75. The molecule has 3 nitrogen and oxygen atoms in total. The molecule has 5 heteroatoms. The van der Waals surface area contributed by atoms with E-state index in [1.807, 2.05) is 30.1 Å². The summed E-state index contributed by atoms with van der Waals surface area (Å²) in [5.41, 5.74) is 1.93. The number of rotatable bonds is 6. The number of aromatic nitrogens is 2. The van der Waals surface area contributed by atoms with E-state index in [0.29, 0.717) is 6.04 Å². The molecule has 2 rings (SSSR count). The number of halogens is 2. The smallest absolute Gasteiger partial charge is 0.124 e.